The van der Waals surface area contributed by atoms with E-state index in [1.54, 1.807) is 0 Å². The van der Waals surface area contributed by atoms with E-state index in [-0.39, 0.29) is 17.0 Å². The molecule has 7 nitrogen and oxygen atoms in total. The Bertz CT molecular complexity index is 601. The fourth-order valence-electron chi connectivity index (χ4n) is 1.59. The molecular formula is C11H9N5O2. The van der Waals surface area contributed by atoms with E-state index in [0.717, 1.165) is 5.56 Å². The second-order valence-electron chi connectivity index (χ2n) is 3.57. The van der Waals surface area contributed by atoms with Crippen LogP contribution in [0.5, 0.6) is 0 Å². The molecule has 0 unspecified atom stereocenters. The second kappa shape index (κ2) is 4.76. The smallest absolute Gasteiger partial charge is 0.303 e. The van der Waals surface area contributed by atoms with Crippen LogP contribution in [-0.2, 0) is 11.2 Å². The molecule has 90 valence electrons. The summed E-state index contributed by atoms with van der Waals surface area (Å²) in [5, 5.41) is 10.6. The van der Waals surface area contributed by atoms with E-state index in [0.29, 0.717) is 12.3 Å². The van der Waals surface area contributed by atoms with Gasteiger partial charge in [-0.25, -0.2) is 4.99 Å². The fourth-order valence-corrected chi connectivity index (χ4v) is 1.59. The van der Waals surface area contributed by atoms with E-state index in [2.05, 4.69) is 25.4 Å². The summed E-state index contributed by atoms with van der Waals surface area (Å²) in [4.78, 5) is 19.6. The Morgan fingerprint density at radius 2 is 1.83 bits per heavy atom. The largest absolute Gasteiger partial charge is 0.412 e. The Labute approximate surface area is 102 Å². The molecule has 0 aliphatic carbocycles. The number of nitrogens with zero attached hydrogens (tertiary/aromatic N) is 5. The fraction of sp³-hybridized carbons (Fsp3) is 0.0909. The lowest BCUT2D eigenvalue weighted by Crippen LogP contribution is -2.26. The minimum atomic E-state index is -0.425. The minimum absolute atomic E-state index is 0. The average Bonchev–Trinajstić information content (AvgIpc) is 2.79. The van der Waals surface area contributed by atoms with Crippen molar-refractivity contribution in [1.82, 2.24) is 0 Å². The molecule has 2 N–H and O–H groups in total. The van der Waals surface area contributed by atoms with Gasteiger partial charge in [0.25, 0.3) is 0 Å². The summed E-state index contributed by atoms with van der Waals surface area (Å²) in [6.45, 7) is 0. The number of rotatable bonds is 2. The summed E-state index contributed by atoms with van der Waals surface area (Å²) in [6.07, 6.45) is 0.499. The van der Waals surface area contributed by atoms with Crippen LogP contribution < -0.4 is 0 Å². The van der Waals surface area contributed by atoms with Gasteiger partial charge in [-0.2, -0.15) is 4.99 Å². The molecule has 0 bridgehead atoms. The van der Waals surface area contributed by atoms with Crippen molar-refractivity contribution in [2.45, 2.75) is 6.42 Å². The Kier molecular flexibility index (Phi) is 3.16. The highest BCUT2D eigenvalue weighted by Crippen LogP contribution is 2.10. The first-order valence-corrected chi connectivity index (χ1v) is 5.06. The number of hydrogen-bond donors (Lipinski definition) is 0. The van der Waals surface area contributed by atoms with Crippen molar-refractivity contribution in [3.8, 4) is 0 Å². The standard InChI is InChI=1S/C11H7N5O.H2O/c17-11-9-10(15-16-14-9)12-8(13-11)6-7-4-2-1-3-5-7;/h1-5H,6H2;1H2. The van der Waals surface area contributed by atoms with Crippen molar-refractivity contribution >= 4 is 23.3 Å². The van der Waals surface area contributed by atoms with Gasteiger partial charge in [0.05, 0.1) is 0 Å². The highest BCUT2D eigenvalue weighted by atomic mass is 16.1. The van der Waals surface area contributed by atoms with E-state index in [1.165, 1.54) is 0 Å². The highest BCUT2D eigenvalue weighted by Gasteiger charge is 2.27. The van der Waals surface area contributed by atoms with Crippen molar-refractivity contribution in [2.24, 2.45) is 25.4 Å². The van der Waals surface area contributed by atoms with E-state index in [9.17, 15) is 4.79 Å². The van der Waals surface area contributed by atoms with Crippen LogP contribution in [0.3, 0.4) is 0 Å². The normalized spacial score (nSPS) is 16.4. The quantitative estimate of drug-likeness (QED) is 0.742. The SMILES string of the molecule is O.O=C1N=C(Cc2ccccc2)N=C2N=NN=C12. The van der Waals surface area contributed by atoms with Gasteiger partial charge in [0.1, 0.15) is 5.84 Å². The molecule has 0 radical (unpaired) electrons. The molecule has 2 aliphatic rings. The van der Waals surface area contributed by atoms with Crippen LogP contribution in [0.25, 0.3) is 0 Å². The zero-order valence-corrected chi connectivity index (χ0v) is 9.24. The van der Waals surface area contributed by atoms with E-state index in [4.69, 9.17) is 0 Å². The molecule has 0 fully saturated rings. The van der Waals surface area contributed by atoms with Gasteiger partial charge in [-0.15, -0.1) is 10.2 Å². The van der Waals surface area contributed by atoms with Crippen LogP contribution in [0.2, 0.25) is 0 Å². The van der Waals surface area contributed by atoms with Gasteiger partial charge in [0, 0.05) is 6.42 Å². The van der Waals surface area contributed by atoms with Gasteiger partial charge in [0.2, 0.25) is 11.5 Å². The Morgan fingerprint density at radius 3 is 2.61 bits per heavy atom. The van der Waals surface area contributed by atoms with E-state index in [1.807, 2.05) is 30.3 Å². The molecule has 0 spiro atoms. The van der Waals surface area contributed by atoms with E-state index >= 15 is 0 Å². The molecule has 2 heterocycles. The zero-order chi connectivity index (χ0) is 11.7. The number of carbonyl (C=O) groups excluding carboxylic acids is 1. The number of amides is 1. The monoisotopic (exact) mass is 243 g/mol. The molecule has 0 saturated heterocycles. The molecule has 0 atom stereocenters. The predicted molar refractivity (Wildman–Crippen MR) is 65.9 cm³/mol. The molecule has 7 heteroatoms. The first-order chi connectivity index (χ1) is 8.33. The maximum Gasteiger partial charge on any atom is 0.303 e. The minimum Gasteiger partial charge on any atom is -0.412 e. The summed E-state index contributed by atoms with van der Waals surface area (Å²) in [7, 11) is 0. The number of amidine groups is 2. The van der Waals surface area contributed by atoms with Gasteiger partial charge in [-0.3, -0.25) is 4.79 Å². The van der Waals surface area contributed by atoms with Crippen LogP contribution in [-0.4, -0.2) is 28.8 Å². The molecule has 3 rings (SSSR count). The third kappa shape index (κ3) is 2.11. The Morgan fingerprint density at radius 1 is 1.06 bits per heavy atom. The van der Waals surface area contributed by atoms with E-state index < -0.39 is 5.91 Å². The number of benzene rings is 1. The molecule has 0 aromatic heterocycles. The lowest BCUT2D eigenvalue weighted by atomic mass is 10.1. The second-order valence-corrected chi connectivity index (χ2v) is 3.57. The van der Waals surface area contributed by atoms with Crippen LogP contribution in [0.15, 0.2) is 55.8 Å². The van der Waals surface area contributed by atoms with Crippen molar-refractivity contribution in [3.05, 3.63) is 35.9 Å². The summed E-state index contributed by atoms with van der Waals surface area (Å²) >= 11 is 0. The third-order valence-electron chi connectivity index (χ3n) is 2.37. The van der Waals surface area contributed by atoms with Gasteiger partial charge in [-0.05, 0) is 10.8 Å². The topological polar surface area (TPSA) is 110 Å². The first-order valence-electron chi connectivity index (χ1n) is 5.06. The third-order valence-corrected chi connectivity index (χ3v) is 2.37. The summed E-state index contributed by atoms with van der Waals surface area (Å²) in [5.41, 5.74) is 1.17. The summed E-state index contributed by atoms with van der Waals surface area (Å²) < 4.78 is 0. The van der Waals surface area contributed by atoms with Gasteiger partial charge < -0.3 is 5.48 Å². The molecule has 1 amide bonds. The lowest BCUT2D eigenvalue weighted by molar-refractivity contribution is -0.111. The van der Waals surface area contributed by atoms with Crippen LogP contribution in [0.4, 0.5) is 0 Å². The molecule has 1 aromatic carbocycles. The van der Waals surface area contributed by atoms with Gasteiger partial charge >= 0.3 is 5.91 Å². The van der Waals surface area contributed by atoms with Crippen LogP contribution in [0, 0.1) is 0 Å². The highest BCUT2D eigenvalue weighted by molar-refractivity contribution is 6.69. The van der Waals surface area contributed by atoms with Crippen molar-refractivity contribution in [3.63, 3.8) is 0 Å². The predicted octanol–water partition coefficient (Wildman–Crippen LogP) is 0.563. The molecule has 1 aromatic rings. The van der Waals surface area contributed by atoms with Gasteiger partial charge in [-0.1, -0.05) is 30.3 Å². The maximum atomic E-state index is 11.6. The van der Waals surface area contributed by atoms with Crippen molar-refractivity contribution in [2.75, 3.05) is 0 Å². The van der Waals surface area contributed by atoms with Crippen LogP contribution in [0.1, 0.15) is 5.56 Å². The average molecular weight is 243 g/mol. The van der Waals surface area contributed by atoms with Gasteiger partial charge in [0.15, 0.2) is 0 Å². The van der Waals surface area contributed by atoms with Crippen molar-refractivity contribution in [1.29, 1.82) is 0 Å². The van der Waals surface area contributed by atoms with Crippen LogP contribution >= 0.6 is 0 Å². The maximum absolute atomic E-state index is 11.6. The summed E-state index contributed by atoms with van der Waals surface area (Å²) in [5.74, 6) is 0.276. The lowest BCUT2D eigenvalue weighted by Gasteiger charge is -2.06. The molecule has 2 aliphatic heterocycles. The first kappa shape index (κ1) is 11.9. The Balaban J connectivity index is 0.00000120. The van der Waals surface area contributed by atoms with Crippen molar-refractivity contribution < 1.29 is 10.3 Å². The molecule has 18 heavy (non-hydrogen) atoms. The zero-order valence-electron chi connectivity index (χ0n) is 9.24. The number of aliphatic imine (C=N–C) groups is 2. The number of fused-ring (bicyclic) bond motifs is 1. The number of carbonyl (C=O) groups is 1. The molecule has 0 saturated carbocycles. The Hall–Kier alpha value is -2.54. The number of hydrogen-bond acceptors (Lipinski definition) is 5. The molecular weight excluding hydrogens is 234 g/mol. The summed E-state index contributed by atoms with van der Waals surface area (Å²) in [6, 6.07) is 9.69.